The zero-order valence-electron chi connectivity index (χ0n) is 9.76. The van der Waals surface area contributed by atoms with Crippen LogP contribution in [0.25, 0.3) is 11.3 Å². The summed E-state index contributed by atoms with van der Waals surface area (Å²) in [6.07, 6.45) is -8.65. The Hall–Kier alpha value is -2.05. The van der Waals surface area contributed by atoms with E-state index in [-0.39, 0.29) is 11.3 Å². The highest BCUT2D eigenvalue weighted by molar-refractivity contribution is 5.64. The normalized spacial score (nSPS) is 12.5. The fourth-order valence-electron chi connectivity index (χ4n) is 1.67. The van der Waals surface area contributed by atoms with Crippen molar-refractivity contribution in [1.82, 2.24) is 4.98 Å². The number of nitrogens with zero attached hydrogens (tertiary/aromatic N) is 1. The van der Waals surface area contributed by atoms with E-state index in [1.54, 1.807) is 0 Å². The van der Waals surface area contributed by atoms with Gasteiger partial charge in [0.25, 0.3) is 0 Å². The van der Waals surface area contributed by atoms with E-state index in [0.29, 0.717) is 12.3 Å². The van der Waals surface area contributed by atoms with Gasteiger partial charge in [-0.05, 0) is 18.2 Å². The summed E-state index contributed by atoms with van der Waals surface area (Å²) < 4.78 is 75.5. The number of hydrogen-bond donors (Lipinski definition) is 0. The fraction of sp³-hybridized carbons (Fsp3) is 0.154. The molecule has 1 aromatic carbocycles. The third-order valence-corrected chi connectivity index (χ3v) is 2.60. The van der Waals surface area contributed by atoms with Crippen LogP contribution in [-0.4, -0.2) is 4.98 Å². The molecule has 0 fully saturated rings. The van der Waals surface area contributed by atoms with Crippen molar-refractivity contribution in [2.75, 3.05) is 0 Å². The van der Waals surface area contributed by atoms with E-state index >= 15 is 0 Å². The zero-order chi connectivity index (χ0) is 15.0. The second kappa shape index (κ2) is 4.81. The van der Waals surface area contributed by atoms with Crippen LogP contribution in [0.15, 0.2) is 42.6 Å². The first kappa shape index (κ1) is 14.4. The van der Waals surface area contributed by atoms with E-state index in [9.17, 15) is 26.3 Å². The molecule has 0 unspecified atom stereocenters. The van der Waals surface area contributed by atoms with Crippen LogP contribution >= 0.6 is 0 Å². The van der Waals surface area contributed by atoms with E-state index < -0.39 is 23.5 Å². The smallest absolute Gasteiger partial charge is 0.256 e. The molecule has 0 aliphatic rings. The first-order chi connectivity index (χ1) is 9.19. The van der Waals surface area contributed by atoms with Gasteiger partial charge in [0, 0.05) is 11.8 Å². The Labute approximate surface area is 109 Å². The molecule has 0 N–H and O–H groups in total. The molecular weight excluding hydrogens is 284 g/mol. The zero-order valence-corrected chi connectivity index (χ0v) is 9.76. The van der Waals surface area contributed by atoms with Crippen LogP contribution in [0.5, 0.6) is 0 Å². The lowest BCUT2D eigenvalue weighted by Crippen LogP contribution is -2.08. The molecule has 7 heteroatoms. The Bertz CT molecular complexity index is 597. The SMILES string of the molecule is FC(F)(F)c1ccc(-c2ccccc2C(F)(F)F)nc1. The summed E-state index contributed by atoms with van der Waals surface area (Å²) in [5.74, 6) is 0. The van der Waals surface area contributed by atoms with Crippen molar-refractivity contribution in [3.8, 4) is 11.3 Å². The van der Waals surface area contributed by atoms with Gasteiger partial charge < -0.3 is 0 Å². The summed E-state index contributed by atoms with van der Waals surface area (Å²) in [6.45, 7) is 0. The molecule has 2 aromatic rings. The quantitative estimate of drug-likeness (QED) is 0.689. The lowest BCUT2D eigenvalue weighted by Gasteiger charge is -2.12. The van der Waals surface area contributed by atoms with E-state index in [0.717, 1.165) is 12.1 Å². The van der Waals surface area contributed by atoms with Gasteiger partial charge in [-0.3, -0.25) is 4.98 Å². The molecule has 1 heterocycles. The van der Waals surface area contributed by atoms with Crippen molar-refractivity contribution in [2.45, 2.75) is 12.4 Å². The minimum absolute atomic E-state index is 0.161. The average molecular weight is 291 g/mol. The van der Waals surface area contributed by atoms with Gasteiger partial charge in [-0.25, -0.2) is 0 Å². The molecule has 106 valence electrons. The average Bonchev–Trinajstić information content (AvgIpc) is 2.37. The summed E-state index contributed by atoms with van der Waals surface area (Å²) >= 11 is 0. The molecule has 0 saturated carbocycles. The number of pyridine rings is 1. The fourth-order valence-corrected chi connectivity index (χ4v) is 1.67. The topological polar surface area (TPSA) is 12.9 Å². The second-order valence-corrected chi connectivity index (χ2v) is 3.97. The minimum Gasteiger partial charge on any atom is -0.256 e. The maximum atomic E-state index is 12.8. The Morgan fingerprint density at radius 3 is 1.90 bits per heavy atom. The summed E-state index contributed by atoms with van der Waals surface area (Å²) in [6, 6.07) is 6.22. The predicted octanol–water partition coefficient (Wildman–Crippen LogP) is 4.79. The summed E-state index contributed by atoms with van der Waals surface area (Å²) in [5.41, 5.74) is -2.36. The third kappa shape index (κ3) is 2.92. The Morgan fingerprint density at radius 1 is 0.750 bits per heavy atom. The van der Waals surface area contributed by atoms with Crippen LogP contribution in [-0.2, 0) is 12.4 Å². The minimum atomic E-state index is -4.60. The maximum absolute atomic E-state index is 12.8. The van der Waals surface area contributed by atoms with Crippen molar-refractivity contribution in [3.05, 3.63) is 53.7 Å². The lowest BCUT2D eigenvalue weighted by molar-refractivity contribution is -0.138. The van der Waals surface area contributed by atoms with Crippen molar-refractivity contribution in [1.29, 1.82) is 0 Å². The monoisotopic (exact) mass is 291 g/mol. The van der Waals surface area contributed by atoms with Gasteiger partial charge in [0.2, 0.25) is 0 Å². The predicted molar refractivity (Wildman–Crippen MR) is 59.7 cm³/mol. The molecule has 0 aliphatic heterocycles. The first-order valence-electron chi connectivity index (χ1n) is 5.39. The number of alkyl halides is 6. The Balaban J connectivity index is 2.48. The van der Waals surface area contributed by atoms with E-state index in [4.69, 9.17) is 0 Å². The first-order valence-corrected chi connectivity index (χ1v) is 5.39. The lowest BCUT2D eigenvalue weighted by atomic mass is 10.0. The summed E-state index contributed by atoms with van der Waals surface area (Å²) in [4.78, 5) is 3.47. The van der Waals surface area contributed by atoms with Gasteiger partial charge in [0.15, 0.2) is 0 Å². The summed E-state index contributed by atoms with van der Waals surface area (Å²) in [7, 11) is 0. The van der Waals surface area contributed by atoms with Crippen LogP contribution in [0, 0.1) is 0 Å². The summed E-state index contributed by atoms with van der Waals surface area (Å²) in [5, 5.41) is 0. The third-order valence-electron chi connectivity index (χ3n) is 2.60. The van der Waals surface area contributed by atoms with Crippen molar-refractivity contribution in [2.24, 2.45) is 0 Å². The molecule has 0 atom stereocenters. The van der Waals surface area contributed by atoms with Gasteiger partial charge in [-0.2, -0.15) is 26.3 Å². The molecule has 0 amide bonds. The highest BCUT2D eigenvalue weighted by Crippen LogP contribution is 2.37. The molecule has 0 spiro atoms. The Morgan fingerprint density at radius 2 is 1.40 bits per heavy atom. The van der Waals surface area contributed by atoms with Crippen molar-refractivity contribution in [3.63, 3.8) is 0 Å². The molecule has 2 rings (SSSR count). The number of aromatic nitrogens is 1. The van der Waals surface area contributed by atoms with Crippen LogP contribution in [0.1, 0.15) is 11.1 Å². The standard InChI is InChI=1S/C13H7F6N/c14-12(15,16)8-5-6-11(20-7-8)9-3-1-2-4-10(9)13(17,18)19/h1-7H. The number of benzene rings is 1. The van der Waals surface area contributed by atoms with Gasteiger partial charge >= 0.3 is 12.4 Å². The molecular formula is C13H7F6N. The largest absolute Gasteiger partial charge is 0.417 e. The highest BCUT2D eigenvalue weighted by Gasteiger charge is 2.34. The van der Waals surface area contributed by atoms with Crippen LogP contribution in [0.4, 0.5) is 26.3 Å². The van der Waals surface area contributed by atoms with E-state index in [1.807, 2.05) is 0 Å². The molecule has 1 aromatic heterocycles. The Kier molecular flexibility index (Phi) is 3.45. The van der Waals surface area contributed by atoms with Crippen molar-refractivity contribution >= 4 is 0 Å². The molecule has 0 bridgehead atoms. The molecule has 0 aliphatic carbocycles. The molecule has 0 saturated heterocycles. The number of halogens is 6. The van der Waals surface area contributed by atoms with E-state index in [2.05, 4.69) is 4.98 Å². The highest BCUT2D eigenvalue weighted by atomic mass is 19.4. The molecule has 0 radical (unpaired) electrons. The van der Waals surface area contributed by atoms with Crippen molar-refractivity contribution < 1.29 is 26.3 Å². The number of hydrogen-bond acceptors (Lipinski definition) is 1. The van der Waals surface area contributed by atoms with Crippen LogP contribution < -0.4 is 0 Å². The van der Waals surface area contributed by atoms with Gasteiger partial charge in [0.1, 0.15) is 0 Å². The molecule has 20 heavy (non-hydrogen) atoms. The van der Waals surface area contributed by atoms with Gasteiger partial charge in [0.05, 0.1) is 16.8 Å². The van der Waals surface area contributed by atoms with Gasteiger partial charge in [-0.15, -0.1) is 0 Å². The number of rotatable bonds is 1. The van der Waals surface area contributed by atoms with E-state index in [1.165, 1.54) is 18.2 Å². The molecule has 1 nitrogen and oxygen atoms in total. The van der Waals surface area contributed by atoms with Crippen LogP contribution in [0.2, 0.25) is 0 Å². The second-order valence-electron chi connectivity index (χ2n) is 3.97. The van der Waals surface area contributed by atoms with Gasteiger partial charge in [-0.1, -0.05) is 18.2 Å². The van der Waals surface area contributed by atoms with Crippen LogP contribution in [0.3, 0.4) is 0 Å². The maximum Gasteiger partial charge on any atom is 0.417 e.